The Morgan fingerprint density at radius 3 is 2.32 bits per heavy atom. The molecule has 1 unspecified atom stereocenters. The second-order valence-electron chi connectivity index (χ2n) is 9.39. The zero-order valence-corrected chi connectivity index (χ0v) is 21.4. The molecule has 2 saturated heterocycles. The minimum Gasteiger partial charge on any atom is -0.319 e. The SMILES string of the molecule is CC(C)CC1NC2(CCN(S(=O)(=O)c3ccc(Cl)c(Cl)c3)CC2)N(Cc2ccc(F)cc2)C1=O. The highest BCUT2D eigenvalue weighted by Crippen LogP contribution is 2.37. The van der Waals surface area contributed by atoms with Gasteiger partial charge in [0.1, 0.15) is 5.82 Å². The molecular formula is C24H28Cl2FN3O3S. The third-order valence-electron chi connectivity index (χ3n) is 6.56. The average molecular weight is 528 g/mol. The molecule has 184 valence electrons. The third-order valence-corrected chi connectivity index (χ3v) is 9.20. The monoisotopic (exact) mass is 527 g/mol. The summed E-state index contributed by atoms with van der Waals surface area (Å²) in [5, 5.41) is 4.01. The maximum Gasteiger partial charge on any atom is 0.243 e. The van der Waals surface area contributed by atoms with Crippen molar-refractivity contribution in [3.63, 3.8) is 0 Å². The van der Waals surface area contributed by atoms with Gasteiger partial charge in [-0.25, -0.2) is 12.8 Å². The van der Waals surface area contributed by atoms with Gasteiger partial charge in [0.2, 0.25) is 15.9 Å². The number of nitrogens with zero attached hydrogens (tertiary/aromatic N) is 2. The number of rotatable bonds is 6. The molecule has 0 bridgehead atoms. The van der Waals surface area contributed by atoms with Gasteiger partial charge in [0, 0.05) is 19.6 Å². The summed E-state index contributed by atoms with van der Waals surface area (Å²) in [5.74, 6) is -0.0129. The molecule has 2 heterocycles. The van der Waals surface area contributed by atoms with Crippen LogP contribution in [-0.2, 0) is 21.4 Å². The molecule has 1 atom stereocenters. The van der Waals surface area contributed by atoms with Gasteiger partial charge in [-0.2, -0.15) is 4.31 Å². The lowest BCUT2D eigenvalue weighted by Crippen LogP contribution is -2.59. The van der Waals surface area contributed by atoms with Gasteiger partial charge in [0.05, 0.1) is 26.6 Å². The average Bonchev–Trinajstić information content (AvgIpc) is 3.02. The first-order valence-corrected chi connectivity index (χ1v) is 13.5. The van der Waals surface area contributed by atoms with Crippen LogP contribution in [-0.4, -0.2) is 48.3 Å². The Balaban J connectivity index is 1.57. The van der Waals surface area contributed by atoms with Gasteiger partial charge in [-0.05, 0) is 61.1 Å². The van der Waals surface area contributed by atoms with Crippen LogP contribution in [0.3, 0.4) is 0 Å². The lowest BCUT2D eigenvalue weighted by Gasteiger charge is -2.44. The number of benzene rings is 2. The van der Waals surface area contributed by atoms with Crippen LogP contribution in [0.15, 0.2) is 47.4 Å². The van der Waals surface area contributed by atoms with E-state index in [4.69, 9.17) is 23.2 Å². The van der Waals surface area contributed by atoms with E-state index in [-0.39, 0.29) is 40.8 Å². The van der Waals surface area contributed by atoms with E-state index in [1.54, 1.807) is 12.1 Å². The van der Waals surface area contributed by atoms with Crippen molar-refractivity contribution >= 4 is 39.1 Å². The highest BCUT2D eigenvalue weighted by atomic mass is 35.5. The maximum atomic E-state index is 13.4. The molecule has 0 saturated carbocycles. The molecule has 0 aromatic heterocycles. The summed E-state index contributed by atoms with van der Waals surface area (Å²) in [6.45, 7) is 4.96. The highest BCUT2D eigenvalue weighted by Gasteiger charge is 2.52. The number of piperidine rings is 1. The topological polar surface area (TPSA) is 69.7 Å². The first kappa shape index (κ1) is 25.4. The molecule has 2 aliphatic heterocycles. The Hall–Kier alpha value is -1.71. The van der Waals surface area contributed by atoms with Crippen molar-refractivity contribution in [3.8, 4) is 0 Å². The molecule has 2 aliphatic rings. The molecule has 0 aliphatic carbocycles. The number of hydrogen-bond donors (Lipinski definition) is 1. The minimum absolute atomic E-state index is 0.00110. The van der Waals surface area contributed by atoms with Gasteiger partial charge >= 0.3 is 0 Å². The van der Waals surface area contributed by atoms with Crippen LogP contribution in [0.4, 0.5) is 4.39 Å². The molecule has 1 spiro atoms. The van der Waals surface area contributed by atoms with Crippen molar-refractivity contribution in [1.29, 1.82) is 0 Å². The van der Waals surface area contributed by atoms with Crippen LogP contribution >= 0.6 is 23.2 Å². The Bertz CT molecular complexity index is 1170. The molecule has 2 aromatic carbocycles. The van der Waals surface area contributed by atoms with Gasteiger partial charge in [0.25, 0.3) is 0 Å². The second-order valence-corrected chi connectivity index (χ2v) is 12.1. The van der Waals surface area contributed by atoms with E-state index in [1.165, 1.54) is 34.6 Å². The van der Waals surface area contributed by atoms with E-state index in [0.29, 0.717) is 36.7 Å². The molecule has 2 fully saturated rings. The highest BCUT2D eigenvalue weighted by molar-refractivity contribution is 7.89. The predicted molar refractivity (Wildman–Crippen MR) is 131 cm³/mol. The van der Waals surface area contributed by atoms with E-state index in [0.717, 1.165) is 5.56 Å². The second kappa shape index (κ2) is 9.74. The Kier molecular flexibility index (Phi) is 7.27. The lowest BCUT2D eigenvalue weighted by molar-refractivity contribution is -0.134. The largest absolute Gasteiger partial charge is 0.319 e. The van der Waals surface area contributed by atoms with Crippen molar-refractivity contribution in [1.82, 2.24) is 14.5 Å². The molecule has 34 heavy (non-hydrogen) atoms. The number of carbonyl (C=O) groups excluding carboxylic acids is 1. The van der Waals surface area contributed by atoms with Gasteiger partial charge < -0.3 is 4.90 Å². The standard InChI is InChI=1S/C24H28Cl2FN3O3S/c1-16(2)13-22-23(31)30(15-17-3-5-18(27)6-4-17)24(28-22)9-11-29(12-10-24)34(32,33)19-7-8-20(25)21(26)14-19/h3-8,14,16,22,28H,9-13,15H2,1-2H3. The maximum absolute atomic E-state index is 13.4. The van der Waals surface area contributed by atoms with E-state index in [1.807, 2.05) is 4.90 Å². The fourth-order valence-electron chi connectivity index (χ4n) is 4.79. The normalized spacial score (nSPS) is 21.1. The summed E-state index contributed by atoms with van der Waals surface area (Å²) >= 11 is 12.0. The summed E-state index contributed by atoms with van der Waals surface area (Å²) in [7, 11) is -3.76. The van der Waals surface area contributed by atoms with Crippen molar-refractivity contribution in [3.05, 3.63) is 63.9 Å². The molecule has 4 rings (SSSR count). The van der Waals surface area contributed by atoms with E-state index < -0.39 is 15.7 Å². The fraction of sp³-hybridized carbons (Fsp3) is 0.458. The molecule has 0 radical (unpaired) electrons. The summed E-state index contributed by atoms with van der Waals surface area (Å²) in [6.07, 6.45) is 1.57. The van der Waals surface area contributed by atoms with Gasteiger partial charge in [-0.15, -0.1) is 0 Å². The first-order chi connectivity index (χ1) is 16.0. The van der Waals surface area contributed by atoms with E-state index >= 15 is 0 Å². The van der Waals surface area contributed by atoms with Crippen molar-refractivity contribution in [2.45, 2.75) is 56.3 Å². The predicted octanol–water partition coefficient (Wildman–Crippen LogP) is 4.66. The van der Waals surface area contributed by atoms with Crippen LogP contribution in [0.1, 0.15) is 38.7 Å². The first-order valence-electron chi connectivity index (χ1n) is 11.3. The smallest absolute Gasteiger partial charge is 0.243 e. The zero-order valence-electron chi connectivity index (χ0n) is 19.1. The van der Waals surface area contributed by atoms with Crippen molar-refractivity contribution in [2.75, 3.05) is 13.1 Å². The molecule has 1 N–H and O–H groups in total. The molecule has 1 amide bonds. The molecule has 6 nitrogen and oxygen atoms in total. The van der Waals surface area contributed by atoms with Crippen molar-refractivity contribution in [2.24, 2.45) is 5.92 Å². The Morgan fingerprint density at radius 2 is 1.74 bits per heavy atom. The lowest BCUT2D eigenvalue weighted by atomic mass is 9.96. The van der Waals surface area contributed by atoms with Crippen LogP contribution in [0.5, 0.6) is 0 Å². The Labute approximate surface area is 210 Å². The van der Waals surface area contributed by atoms with Crippen LogP contribution in [0, 0.1) is 11.7 Å². The van der Waals surface area contributed by atoms with Crippen LogP contribution in [0.25, 0.3) is 0 Å². The number of sulfonamides is 1. The summed E-state index contributed by atoms with van der Waals surface area (Å²) in [6, 6.07) is 10.1. The molecule has 2 aromatic rings. The quantitative estimate of drug-likeness (QED) is 0.593. The number of nitrogens with one attached hydrogen (secondary N) is 1. The zero-order chi connectivity index (χ0) is 24.7. The van der Waals surface area contributed by atoms with E-state index in [9.17, 15) is 17.6 Å². The number of carbonyl (C=O) groups is 1. The van der Waals surface area contributed by atoms with Crippen LogP contribution in [0.2, 0.25) is 10.0 Å². The van der Waals surface area contributed by atoms with Crippen molar-refractivity contribution < 1.29 is 17.6 Å². The fourth-order valence-corrected chi connectivity index (χ4v) is 6.62. The Morgan fingerprint density at radius 1 is 1.09 bits per heavy atom. The summed E-state index contributed by atoms with van der Waals surface area (Å²) in [4.78, 5) is 15.3. The summed E-state index contributed by atoms with van der Waals surface area (Å²) < 4.78 is 41.3. The number of amides is 1. The number of hydrogen-bond acceptors (Lipinski definition) is 4. The number of halogens is 3. The van der Waals surface area contributed by atoms with Crippen LogP contribution < -0.4 is 5.32 Å². The summed E-state index contributed by atoms with van der Waals surface area (Å²) in [5.41, 5.74) is 0.168. The van der Waals surface area contributed by atoms with Gasteiger partial charge in [-0.3, -0.25) is 10.1 Å². The minimum atomic E-state index is -3.76. The van der Waals surface area contributed by atoms with Gasteiger partial charge in [0.15, 0.2) is 0 Å². The molecular weight excluding hydrogens is 500 g/mol. The van der Waals surface area contributed by atoms with Gasteiger partial charge in [-0.1, -0.05) is 49.2 Å². The third kappa shape index (κ3) is 4.97. The molecule has 10 heteroatoms. The van der Waals surface area contributed by atoms with E-state index in [2.05, 4.69) is 19.2 Å².